The van der Waals surface area contributed by atoms with Gasteiger partial charge in [0.1, 0.15) is 11.1 Å². The maximum Gasteiger partial charge on any atom is 0.412 e. The number of aliphatic hydroxyl groups excluding tert-OH is 1. The van der Waals surface area contributed by atoms with Gasteiger partial charge in [-0.1, -0.05) is 24.3 Å². The van der Waals surface area contributed by atoms with Crippen LogP contribution in [0.15, 0.2) is 40.8 Å². The zero-order chi connectivity index (χ0) is 41.4. The van der Waals surface area contributed by atoms with Crippen LogP contribution >= 0.6 is 0 Å². The molecule has 0 saturated carbocycles. The van der Waals surface area contributed by atoms with Crippen molar-refractivity contribution in [2.75, 3.05) is 53.5 Å². The minimum Gasteiger partial charge on any atom is -0.507 e. The normalized spacial score (nSPS) is 18.8. The monoisotopic (exact) mass is 776 g/mol. The van der Waals surface area contributed by atoms with Gasteiger partial charge in [-0.05, 0) is 99.9 Å². The number of piperidine rings is 2. The number of hydrogen-bond donors (Lipinski definition) is 2. The summed E-state index contributed by atoms with van der Waals surface area (Å²) in [5.41, 5.74) is 6.71. The minimum absolute atomic E-state index is 0.0737. The number of isocyanates is 1. The van der Waals surface area contributed by atoms with Crippen LogP contribution < -0.4 is 5.32 Å². The number of benzene rings is 2. The average molecular weight is 777 g/mol. The summed E-state index contributed by atoms with van der Waals surface area (Å²) >= 11 is 0. The Hall–Kier alpha value is -4.85. The van der Waals surface area contributed by atoms with Crippen LogP contribution in [0.1, 0.15) is 84.0 Å². The van der Waals surface area contributed by atoms with E-state index in [1.54, 1.807) is 21.1 Å². The second-order valence-electron chi connectivity index (χ2n) is 14.4. The molecule has 2 N–H and O–H groups in total. The van der Waals surface area contributed by atoms with E-state index in [1.165, 1.54) is 11.6 Å². The van der Waals surface area contributed by atoms with Crippen LogP contribution in [0.5, 0.6) is 0 Å². The van der Waals surface area contributed by atoms with Crippen molar-refractivity contribution in [1.82, 2.24) is 15.4 Å². The molecule has 14 nitrogen and oxygen atoms in total. The van der Waals surface area contributed by atoms with E-state index in [4.69, 9.17) is 28.7 Å². The van der Waals surface area contributed by atoms with Gasteiger partial charge in [0.25, 0.3) is 0 Å². The number of esters is 2. The maximum absolute atomic E-state index is 13.0. The Morgan fingerprint density at radius 2 is 1.18 bits per heavy atom. The molecule has 0 unspecified atom stereocenters. The quantitative estimate of drug-likeness (QED) is 0.142. The average Bonchev–Trinajstić information content (AvgIpc) is 3.56. The Morgan fingerprint density at radius 1 is 0.750 bits per heavy atom. The van der Waals surface area contributed by atoms with Crippen LogP contribution in [0.3, 0.4) is 0 Å². The molecule has 56 heavy (non-hydrogen) atoms. The van der Waals surface area contributed by atoms with E-state index in [1.807, 2.05) is 82.9 Å². The molecule has 2 aromatic carbocycles. The molecular formula is C42H56N4O10. The standard InChI is InChI=1S/C21H28N2O5.C18H23NO4.C3H5NO/c1-6-22-20(25)27-18-17(16-12-14(3)13(2)11-15(16)4)19(24)28-21(18)7-9-23(26-5)10-8-21;1-11-9-13(3)14(10-12(11)2)15-16(20)18(23-17(15)21)5-7-19(22-4)8-6-18;1-2-4-3-5/h11-12H,6-10H2,1-5H3,(H,22,25);9-10,20H,5-8H2,1-4H3;2H2,1H3. The summed E-state index contributed by atoms with van der Waals surface area (Å²) in [6, 6.07) is 8.00. The topological polar surface area (TPSA) is 166 Å². The van der Waals surface area contributed by atoms with Gasteiger partial charge in [0.2, 0.25) is 6.08 Å². The first-order chi connectivity index (χ1) is 26.6. The van der Waals surface area contributed by atoms with Crippen molar-refractivity contribution in [2.45, 2.75) is 92.3 Å². The van der Waals surface area contributed by atoms with Crippen molar-refractivity contribution in [3.63, 3.8) is 0 Å². The van der Waals surface area contributed by atoms with Gasteiger partial charge in [-0.25, -0.2) is 24.2 Å². The third kappa shape index (κ3) is 9.39. The maximum atomic E-state index is 13.0. The fourth-order valence-corrected chi connectivity index (χ4v) is 7.34. The first-order valence-corrected chi connectivity index (χ1v) is 19.0. The van der Waals surface area contributed by atoms with Crippen molar-refractivity contribution >= 4 is 35.3 Å². The van der Waals surface area contributed by atoms with E-state index in [0.717, 1.165) is 38.9 Å². The summed E-state index contributed by atoms with van der Waals surface area (Å²) in [5, 5.41) is 17.1. The van der Waals surface area contributed by atoms with E-state index in [9.17, 15) is 19.5 Å². The Balaban J connectivity index is 0.000000225. The summed E-state index contributed by atoms with van der Waals surface area (Å²) in [6.07, 6.45) is 2.87. The molecule has 4 aliphatic heterocycles. The summed E-state index contributed by atoms with van der Waals surface area (Å²) in [5.74, 6) is -0.494. The van der Waals surface area contributed by atoms with Crippen LogP contribution in [-0.4, -0.2) is 104 Å². The van der Waals surface area contributed by atoms with Crippen LogP contribution in [0, 0.1) is 41.5 Å². The Morgan fingerprint density at radius 3 is 1.61 bits per heavy atom. The number of hydroxylamine groups is 4. The van der Waals surface area contributed by atoms with Crippen LogP contribution in [0.4, 0.5) is 4.79 Å². The predicted octanol–water partition coefficient (Wildman–Crippen LogP) is 6.20. The number of alkyl carbamates (subject to hydrolysis) is 1. The number of rotatable bonds is 7. The van der Waals surface area contributed by atoms with Gasteiger partial charge in [-0.2, -0.15) is 10.1 Å². The zero-order valence-corrected chi connectivity index (χ0v) is 34.3. The Labute approximate surface area is 329 Å². The molecule has 0 atom stereocenters. The van der Waals surface area contributed by atoms with Gasteiger partial charge in [0.05, 0.1) is 14.2 Å². The molecule has 2 spiro atoms. The second kappa shape index (κ2) is 18.9. The van der Waals surface area contributed by atoms with E-state index in [2.05, 4.69) is 10.3 Å². The first kappa shape index (κ1) is 43.9. The van der Waals surface area contributed by atoms with Crippen LogP contribution in [0.25, 0.3) is 11.1 Å². The molecule has 0 aromatic heterocycles. The van der Waals surface area contributed by atoms with Crippen molar-refractivity contribution in [3.8, 4) is 0 Å². The lowest BCUT2D eigenvalue weighted by molar-refractivity contribution is -0.182. The number of hydrogen-bond acceptors (Lipinski definition) is 13. The van der Waals surface area contributed by atoms with E-state index in [-0.39, 0.29) is 5.76 Å². The molecule has 6 rings (SSSR count). The molecule has 4 aliphatic rings. The third-order valence-corrected chi connectivity index (χ3v) is 10.8. The lowest BCUT2D eigenvalue weighted by Gasteiger charge is -2.37. The van der Waals surface area contributed by atoms with Gasteiger partial charge < -0.3 is 34.3 Å². The van der Waals surface area contributed by atoms with Crippen LogP contribution in [0.2, 0.25) is 0 Å². The van der Waals surface area contributed by atoms with E-state index in [0.29, 0.717) is 81.9 Å². The smallest absolute Gasteiger partial charge is 0.412 e. The molecule has 0 aliphatic carbocycles. The summed E-state index contributed by atoms with van der Waals surface area (Å²) in [7, 11) is 3.24. The highest BCUT2D eigenvalue weighted by Gasteiger charge is 2.53. The van der Waals surface area contributed by atoms with Crippen molar-refractivity contribution in [3.05, 3.63) is 80.3 Å². The second-order valence-corrected chi connectivity index (χ2v) is 14.4. The molecule has 14 heteroatoms. The minimum atomic E-state index is -0.947. The van der Waals surface area contributed by atoms with Gasteiger partial charge in [-0.15, -0.1) is 0 Å². The third-order valence-electron chi connectivity index (χ3n) is 10.8. The van der Waals surface area contributed by atoms with Gasteiger partial charge in [0, 0.05) is 65.0 Å². The Kier molecular flexibility index (Phi) is 14.8. The van der Waals surface area contributed by atoms with Crippen LogP contribution in [-0.2, 0) is 38.3 Å². The number of nitrogens with zero attached hydrogens (tertiary/aromatic N) is 3. The SMILES string of the molecule is CCN=C=O.CCNC(=O)OC1=C(c2cc(C)c(C)cc2C)C(=O)OC12CCN(OC)CC2.CON1CCC2(CC1)OC(=O)C(c1cc(C)c(C)cc1C)=C2O. The molecule has 1 amide bonds. The molecule has 2 aromatic rings. The van der Waals surface area contributed by atoms with Crippen molar-refractivity contribution in [1.29, 1.82) is 0 Å². The predicted molar refractivity (Wildman–Crippen MR) is 210 cm³/mol. The Bertz CT molecular complexity index is 1910. The highest BCUT2D eigenvalue weighted by Crippen LogP contribution is 2.46. The number of aliphatic hydroxyl groups is 1. The number of aryl methyl sites for hydroxylation is 6. The largest absolute Gasteiger partial charge is 0.507 e. The molecule has 2 saturated heterocycles. The first-order valence-electron chi connectivity index (χ1n) is 19.0. The summed E-state index contributed by atoms with van der Waals surface area (Å²) < 4.78 is 17.2. The lowest BCUT2D eigenvalue weighted by atomic mass is 9.87. The lowest BCUT2D eigenvalue weighted by Crippen LogP contribution is -2.46. The highest BCUT2D eigenvalue weighted by molar-refractivity contribution is 6.21. The van der Waals surface area contributed by atoms with Gasteiger partial charge in [-0.3, -0.25) is 0 Å². The summed E-state index contributed by atoms with van der Waals surface area (Å²) in [6.45, 7) is 18.9. The number of amides is 1. The number of carbonyl (C=O) groups is 3. The molecular weight excluding hydrogens is 720 g/mol. The molecule has 4 heterocycles. The molecule has 0 bridgehead atoms. The van der Waals surface area contributed by atoms with E-state index < -0.39 is 29.2 Å². The van der Waals surface area contributed by atoms with E-state index >= 15 is 0 Å². The zero-order valence-electron chi connectivity index (χ0n) is 34.3. The number of carbonyl (C=O) groups excluding carboxylic acids is 4. The molecule has 0 radical (unpaired) electrons. The molecule has 2 fully saturated rings. The number of ether oxygens (including phenoxy) is 3. The summed E-state index contributed by atoms with van der Waals surface area (Å²) in [4.78, 5) is 60.5. The van der Waals surface area contributed by atoms with Crippen molar-refractivity contribution < 1.29 is 48.2 Å². The number of aliphatic imine (C=N–C) groups is 1. The fourth-order valence-electron chi connectivity index (χ4n) is 7.34. The number of nitrogens with one attached hydrogen (secondary N) is 1. The molecule has 304 valence electrons. The van der Waals surface area contributed by atoms with Gasteiger partial charge in [0.15, 0.2) is 22.7 Å². The highest BCUT2D eigenvalue weighted by atomic mass is 16.7. The fraction of sp³-hybridized carbons (Fsp3) is 0.524. The van der Waals surface area contributed by atoms with Crippen molar-refractivity contribution in [2.24, 2.45) is 4.99 Å². The van der Waals surface area contributed by atoms with Gasteiger partial charge >= 0.3 is 18.0 Å².